The first-order chi connectivity index (χ1) is 14.0. The van der Waals surface area contributed by atoms with Crippen molar-refractivity contribution in [3.63, 3.8) is 0 Å². The van der Waals surface area contributed by atoms with E-state index < -0.39 is 6.10 Å². The molecule has 1 fully saturated rings. The number of nitrogens with one attached hydrogen (secondary N) is 1. The van der Waals surface area contributed by atoms with Crippen molar-refractivity contribution in [3.8, 4) is 5.75 Å². The summed E-state index contributed by atoms with van der Waals surface area (Å²) in [5.41, 5.74) is 2.18. The number of halogens is 1. The van der Waals surface area contributed by atoms with Crippen molar-refractivity contribution in [1.29, 1.82) is 0 Å². The third-order valence-electron chi connectivity index (χ3n) is 4.68. The van der Waals surface area contributed by atoms with Gasteiger partial charge in [-0.25, -0.2) is 0 Å². The number of rotatable bonds is 7. The summed E-state index contributed by atoms with van der Waals surface area (Å²) in [4.78, 5) is 6.79. The largest absolute Gasteiger partial charge is 0.491 e. The van der Waals surface area contributed by atoms with Crippen LogP contribution in [0.4, 0.5) is 0 Å². The SMILES string of the molecule is CCNC(=NCC(O)COc1cccc(C)c1)N1CCOC(c2cnn(C)c2)C1.I. The number of aliphatic hydroxyl groups is 1. The van der Waals surface area contributed by atoms with Crippen LogP contribution in [0, 0.1) is 6.92 Å². The molecule has 1 aromatic carbocycles. The molecule has 0 saturated carbocycles. The summed E-state index contributed by atoms with van der Waals surface area (Å²) < 4.78 is 13.4. The number of aromatic nitrogens is 2. The Kier molecular flexibility index (Phi) is 9.86. The van der Waals surface area contributed by atoms with Crippen LogP contribution < -0.4 is 10.1 Å². The zero-order valence-electron chi connectivity index (χ0n) is 17.8. The highest BCUT2D eigenvalue weighted by Gasteiger charge is 2.25. The van der Waals surface area contributed by atoms with Crippen molar-refractivity contribution in [3.05, 3.63) is 47.8 Å². The van der Waals surface area contributed by atoms with Crippen molar-refractivity contribution in [1.82, 2.24) is 20.0 Å². The van der Waals surface area contributed by atoms with E-state index in [-0.39, 0.29) is 43.2 Å². The molecule has 2 heterocycles. The van der Waals surface area contributed by atoms with E-state index in [0.29, 0.717) is 13.2 Å². The average Bonchev–Trinajstić information content (AvgIpc) is 3.16. The average molecular weight is 529 g/mol. The monoisotopic (exact) mass is 529 g/mol. The van der Waals surface area contributed by atoms with Crippen molar-refractivity contribution < 1.29 is 14.6 Å². The van der Waals surface area contributed by atoms with Gasteiger partial charge in [-0.3, -0.25) is 9.67 Å². The van der Waals surface area contributed by atoms with Gasteiger partial charge in [0.1, 0.15) is 24.6 Å². The van der Waals surface area contributed by atoms with Gasteiger partial charge in [-0.1, -0.05) is 12.1 Å². The molecular weight excluding hydrogens is 497 g/mol. The van der Waals surface area contributed by atoms with Gasteiger partial charge in [-0.15, -0.1) is 24.0 Å². The van der Waals surface area contributed by atoms with Crippen LogP contribution in [-0.2, 0) is 11.8 Å². The van der Waals surface area contributed by atoms with Crippen LogP contribution in [0.1, 0.15) is 24.2 Å². The van der Waals surface area contributed by atoms with E-state index in [1.165, 1.54) is 0 Å². The molecule has 8 nitrogen and oxygen atoms in total. The van der Waals surface area contributed by atoms with E-state index in [4.69, 9.17) is 9.47 Å². The Bertz CT molecular complexity index is 813. The zero-order chi connectivity index (χ0) is 20.6. The Morgan fingerprint density at radius 1 is 1.47 bits per heavy atom. The molecule has 166 valence electrons. The first-order valence-electron chi connectivity index (χ1n) is 10.1. The summed E-state index contributed by atoms with van der Waals surface area (Å²) in [5.74, 6) is 1.53. The van der Waals surface area contributed by atoms with Crippen LogP contribution in [-0.4, -0.2) is 71.2 Å². The minimum absolute atomic E-state index is 0. The van der Waals surface area contributed by atoms with Gasteiger partial charge < -0.3 is 24.8 Å². The number of aryl methyl sites for hydroxylation is 2. The molecule has 0 amide bonds. The van der Waals surface area contributed by atoms with Crippen LogP contribution in [0.3, 0.4) is 0 Å². The van der Waals surface area contributed by atoms with Gasteiger partial charge in [-0.05, 0) is 31.5 Å². The minimum atomic E-state index is -0.681. The topological polar surface area (TPSA) is 84.1 Å². The molecule has 1 aliphatic heterocycles. The Morgan fingerprint density at radius 2 is 2.30 bits per heavy atom. The lowest BCUT2D eigenvalue weighted by atomic mass is 10.1. The molecule has 1 aliphatic rings. The van der Waals surface area contributed by atoms with Crippen molar-refractivity contribution in [2.24, 2.45) is 12.0 Å². The second kappa shape index (κ2) is 12.1. The lowest BCUT2D eigenvalue weighted by molar-refractivity contribution is -0.00814. The van der Waals surface area contributed by atoms with Gasteiger partial charge in [0, 0.05) is 31.9 Å². The van der Waals surface area contributed by atoms with Crippen LogP contribution in [0.25, 0.3) is 0 Å². The van der Waals surface area contributed by atoms with Crippen LogP contribution in [0.5, 0.6) is 5.75 Å². The predicted molar refractivity (Wildman–Crippen MR) is 128 cm³/mol. The number of ether oxygens (including phenoxy) is 2. The quantitative estimate of drug-likeness (QED) is 0.325. The molecule has 2 atom stereocenters. The number of morpholine rings is 1. The van der Waals surface area contributed by atoms with Gasteiger partial charge >= 0.3 is 0 Å². The summed E-state index contributed by atoms with van der Waals surface area (Å²) in [6.07, 6.45) is 3.09. The number of guanidine groups is 1. The lowest BCUT2D eigenvalue weighted by Gasteiger charge is -2.35. The molecule has 9 heteroatoms. The Balaban J connectivity index is 0.00000320. The fraction of sp³-hybridized carbons (Fsp3) is 0.524. The first-order valence-corrected chi connectivity index (χ1v) is 10.1. The standard InChI is InChI=1S/C21H31N5O3.HI/c1-4-22-21(23-12-18(27)15-29-19-7-5-6-16(2)10-19)26-8-9-28-20(14-26)17-11-24-25(3)13-17;/h5-7,10-11,13,18,20,27H,4,8-9,12,14-15H2,1-3H3,(H,22,23);1H. The van der Waals surface area contributed by atoms with E-state index in [1.54, 1.807) is 4.68 Å². The number of benzene rings is 1. The Labute approximate surface area is 195 Å². The summed E-state index contributed by atoms with van der Waals surface area (Å²) in [5, 5.41) is 17.9. The molecule has 0 aliphatic carbocycles. The number of aliphatic imine (C=N–C) groups is 1. The number of hydrogen-bond acceptors (Lipinski definition) is 5. The maximum absolute atomic E-state index is 10.3. The van der Waals surface area contributed by atoms with Crippen LogP contribution in [0.15, 0.2) is 41.7 Å². The van der Waals surface area contributed by atoms with Gasteiger partial charge in [0.25, 0.3) is 0 Å². The second-order valence-electron chi connectivity index (χ2n) is 7.23. The normalized spacial score (nSPS) is 17.9. The van der Waals surface area contributed by atoms with Crippen LogP contribution in [0.2, 0.25) is 0 Å². The highest BCUT2D eigenvalue weighted by molar-refractivity contribution is 14.0. The minimum Gasteiger partial charge on any atom is -0.491 e. The third kappa shape index (κ3) is 7.13. The van der Waals surface area contributed by atoms with Crippen molar-refractivity contribution in [2.45, 2.75) is 26.1 Å². The molecule has 0 spiro atoms. The predicted octanol–water partition coefficient (Wildman–Crippen LogP) is 2.13. The molecule has 3 rings (SSSR count). The lowest BCUT2D eigenvalue weighted by Crippen LogP contribution is -2.48. The molecule has 1 saturated heterocycles. The Morgan fingerprint density at radius 3 is 3.00 bits per heavy atom. The molecule has 2 unspecified atom stereocenters. The van der Waals surface area contributed by atoms with Crippen molar-refractivity contribution >= 4 is 29.9 Å². The summed E-state index contributed by atoms with van der Waals surface area (Å²) in [6, 6.07) is 7.79. The summed E-state index contributed by atoms with van der Waals surface area (Å²) in [6.45, 7) is 7.32. The molecule has 2 N–H and O–H groups in total. The fourth-order valence-electron chi connectivity index (χ4n) is 3.22. The van der Waals surface area contributed by atoms with Crippen LogP contribution >= 0.6 is 24.0 Å². The number of hydrogen-bond donors (Lipinski definition) is 2. The molecule has 0 radical (unpaired) electrons. The van der Waals surface area contributed by atoms with E-state index in [1.807, 2.05) is 57.6 Å². The highest BCUT2D eigenvalue weighted by atomic mass is 127. The third-order valence-corrected chi connectivity index (χ3v) is 4.68. The maximum atomic E-state index is 10.3. The molecular formula is C21H32IN5O3. The summed E-state index contributed by atoms with van der Waals surface area (Å²) >= 11 is 0. The second-order valence-corrected chi connectivity index (χ2v) is 7.23. The van der Waals surface area contributed by atoms with Gasteiger partial charge in [-0.2, -0.15) is 5.10 Å². The fourth-order valence-corrected chi connectivity index (χ4v) is 3.22. The Hall–Kier alpha value is -1.85. The molecule has 1 aromatic heterocycles. The van der Waals surface area contributed by atoms with Gasteiger partial charge in [0.15, 0.2) is 5.96 Å². The van der Waals surface area contributed by atoms with E-state index in [9.17, 15) is 5.11 Å². The molecule has 2 aromatic rings. The first kappa shape index (κ1) is 24.4. The van der Waals surface area contributed by atoms with Gasteiger partial charge in [0.05, 0.1) is 25.9 Å². The van der Waals surface area contributed by atoms with Gasteiger partial charge in [0.2, 0.25) is 0 Å². The maximum Gasteiger partial charge on any atom is 0.194 e. The summed E-state index contributed by atoms with van der Waals surface area (Å²) in [7, 11) is 1.90. The molecule has 0 bridgehead atoms. The van der Waals surface area contributed by atoms with Crippen molar-refractivity contribution in [2.75, 3.05) is 39.4 Å². The number of nitrogens with zero attached hydrogens (tertiary/aromatic N) is 4. The van der Waals surface area contributed by atoms with E-state index in [2.05, 4.69) is 20.3 Å². The number of aliphatic hydroxyl groups excluding tert-OH is 1. The van der Waals surface area contributed by atoms with E-state index >= 15 is 0 Å². The molecule has 30 heavy (non-hydrogen) atoms. The smallest absolute Gasteiger partial charge is 0.194 e. The van der Waals surface area contributed by atoms with E-state index in [0.717, 1.165) is 35.9 Å². The highest BCUT2D eigenvalue weighted by Crippen LogP contribution is 2.21. The zero-order valence-corrected chi connectivity index (χ0v) is 20.2.